The van der Waals surface area contributed by atoms with Crippen LogP contribution in [0.1, 0.15) is 28.9 Å². The van der Waals surface area contributed by atoms with Gasteiger partial charge < -0.3 is 15.5 Å². The van der Waals surface area contributed by atoms with Gasteiger partial charge in [-0.15, -0.1) is 0 Å². The predicted octanol–water partition coefficient (Wildman–Crippen LogP) is 1.24. The number of hydrogen-bond acceptors (Lipinski definition) is 4. The standard InChI is InChI=1S/C19H21N3O3/c20-19(24)10-1-2-15-12(5-10)16(23)6-11(21-15)7-22-8-13-14(9-22)18-4-3-17(13)25-18/h1-2,5-6,13-14,17-18H,3-4,7-9H2,(H2,20,24)(H,21,23)/t13-,14+,17+,18-. The Labute approximate surface area is 145 Å². The van der Waals surface area contributed by atoms with Crippen LogP contribution in [0, 0.1) is 11.8 Å². The van der Waals surface area contributed by atoms with Crippen molar-refractivity contribution in [2.75, 3.05) is 13.1 Å². The van der Waals surface area contributed by atoms with E-state index in [-0.39, 0.29) is 5.43 Å². The van der Waals surface area contributed by atoms with Crippen molar-refractivity contribution in [3.8, 4) is 0 Å². The number of likely N-dealkylation sites (tertiary alicyclic amines) is 1. The Morgan fingerprint density at radius 1 is 1.20 bits per heavy atom. The van der Waals surface area contributed by atoms with Gasteiger partial charge in [-0.25, -0.2) is 0 Å². The fourth-order valence-corrected chi connectivity index (χ4v) is 4.96. The van der Waals surface area contributed by atoms with Crippen molar-refractivity contribution in [1.29, 1.82) is 0 Å². The molecule has 0 saturated carbocycles. The van der Waals surface area contributed by atoms with Crippen molar-refractivity contribution < 1.29 is 9.53 Å². The molecule has 1 aromatic carbocycles. The Bertz CT molecular complexity index is 904. The van der Waals surface area contributed by atoms with Gasteiger partial charge in [-0.3, -0.25) is 14.5 Å². The van der Waals surface area contributed by atoms with Gasteiger partial charge in [0.25, 0.3) is 0 Å². The fraction of sp³-hybridized carbons (Fsp3) is 0.474. The minimum absolute atomic E-state index is 0.0744. The van der Waals surface area contributed by atoms with E-state index in [1.54, 1.807) is 24.3 Å². The van der Waals surface area contributed by atoms with Crippen LogP contribution in [0.15, 0.2) is 29.1 Å². The van der Waals surface area contributed by atoms with Crippen LogP contribution in [0.4, 0.5) is 0 Å². The molecule has 4 atom stereocenters. The van der Waals surface area contributed by atoms with Crippen LogP contribution < -0.4 is 11.2 Å². The highest BCUT2D eigenvalue weighted by molar-refractivity contribution is 5.96. The molecule has 2 aromatic rings. The van der Waals surface area contributed by atoms with Gasteiger partial charge >= 0.3 is 0 Å². The van der Waals surface area contributed by atoms with E-state index in [2.05, 4.69) is 9.88 Å². The monoisotopic (exact) mass is 339 g/mol. The summed E-state index contributed by atoms with van der Waals surface area (Å²) < 4.78 is 6.02. The summed E-state index contributed by atoms with van der Waals surface area (Å²) in [7, 11) is 0. The van der Waals surface area contributed by atoms with E-state index in [0.29, 0.717) is 35.0 Å². The van der Waals surface area contributed by atoms with Gasteiger partial charge in [-0.05, 0) is 31.0 Å². The minimum atomic E-state index is -0.522. The largest absolute Gasteiger partial charge is 0.374 e. The van der Waals surface area contributed by atoms with Gasteiger partial charge in [0.05, 0.1) is 12.2 Å². The number of carbonyl (C=O) groups excluding carboxylic acids is 1. The Balaban J connectivity index is 1.40. The minimum Gasteiger partial charge on any atom is -0.374 e. The van der Waals surface area contributed by atoms with Crippen LogP contribution in [0.2, 0.25) is 0 Å². The molecule has 4 heterocycles. The maximum atomic E-state index is 12.4. The first-order valence-corrected chi connectivity index (χ1v) is 8.92. The topological polar surface area (TPSA) is 88.4 Å². The van der Waals surface area contributed by atoms with E-state index in [1.165, 1.54) is 12.8 Å². The molecule has 3 aliphatic heterocycles. The molecule has 25 heavy (non-hydrogen) atoms. The molecule has 0 radical (unpaired) electrons. The zero-order valence-electron chi connectivity index (χ0n) is 13.9. The summed E-state index contributed by atoms with van der Waals surface area (Å²) in [6.45, 7) is 2.84. The summed E-state index contributed by atoms with van der Waals surface area (Å²) in [5.74, 6) is 0.791. The first kappa shape index (κ1) is 15.1. The first-order chi connectivity index (χ1) is 12.1. The lowest BCUT2D eigenvalue weighted by Crippen LogP contribution is -2.25. The Kier molecular flexibility index (Phi) is 3.27. The lowest BCUT2D eigenvalue weighted by atomic mass is 9.82. The van der Waals surface area contributed by atoms with Crippen LogP contribution in [0.25, 0.3) is 10.9 Å². The number of primary amides is 1. The molecule has 1 aromatic heterocycles. The number of pyridine rings is 1. The Morgan fingerprint density at radius 3 is 2.60 bits per heavy atom. The Morgan fingerprint density at radius 2 is 1.92 bits per heavy atom. The lowest BCUT2D eigenvalue weighted by molar-refractivity contribution is 0.0695. The Hall–Kier alpha value is -2.18. The summed E-state index contributed by atoms with van der Waals surface area (Å²) in [6, 6.07) is 6.62. The molecule has 3 saturated heterocycles. The van der Waals surface area contributed by atoms with Gasteiger partial charge in [0, 0.05) is 59.7 Å². The zero-order chi connectivity index (χ0) is 17.1. The number of aromatic nitrogens is 1. The van der Waals surface area contributed by atoms with Crippen molar-refractivity contribution >= 4 is 16.8 Å². The van der Waals surface area contributed by atoms with Gasteiger partial charge in [-0.2, -0.15) is 0 Å². The predicted molar refractivity (Wildman–Crippen MR) is 93.2 cm³/mol. The average molecular weight is 339 g/mol. The third-order valence-corrected chi connectivity index (χ3v) is 6.09. The van der Waals surface area contributed by atoms with E-state index in [0.717, 1.165) is 30.8 Å². The number of fused-ring (bicyclic) bond motifs is 6. The molecule has 3 aliphatic rings. The summed E-state index contributed by atoms with van der Waals surface area (Å²) in [5, 5.41) is 0.504. The average Bonchev–Trinajstić information content (AvgIpc) is 3.27. The highest BCUT2D eigenvalue weighted by atomic mass is 16.5. The second-order valence-electron chi connectivity index (χ2n) is 7.60. The summed E-state index contributed by atoms with van der Waals surface area (Å²) in [4.78, 5) is 29.5. The van der Waals surface area contributed by atoms with E-state index < -0.39 is 5.91 Å². The number of nitrogens with two attached hydrogens (primary N) is 1. The smallest absolute Gasteiger partial charge is 0.248 e. The van der Waals surface area contributed by atoms with Gasteiger partial charge in [0.1, 0.15) is 0 Å². The van der Waals surface area contributed by atoms with E-state index in [1.807, 2.05) is 0 Å². The first-order valence-electron chi connectivity index (χ1n) is 8.92. The molecular formula is C19H21N3O3. The molecule has 0 aliphatic carbocycles. The molecule has 6 heteroatoms. The summed E-state index contributed by atoms with van der Waals surface area (Å²) in [6.07, 6.45) is 3.30. The number of H-pyrrole nitrogens is 1. The van der Waals surface area contributed by atoms with Crippen LogP contribution in [-0.2, 0) is 11.3 Å². The zero-order valence-corrected chi connectivity index (χ0v) is 13.9. The fourth-order valence-electron chi connectivity index (χ4n) is 4.96. The van der Waals surface area contributed by atoms with E-state index >= 15 is 0 Å². The van der Waals surface area contributed by atoms with Crippen LogP contribution >= 0.6 is 0 Å². The number of nitrogens with one attached hydrogen (secondary N) is 1. The van der Waals surface area contributed by atoms with Crippen LogP contribution in [0.3, 0.4) is 0 Å². The number of hydrogen-bond donors (Lipinski definition) is 2. The van der Waals surface area contributed by atoms with Crippen molar-refractivity contribution in [1.82, 2.24) is 9.88 Å². The number of carbonyl (C=O) groups is 1. The molecule has 0 unspecified atom stereocenters. The maximum Gasteiger partial charge on any atom is 0.248 e. The number of nitrogens with zero attached hydrogens (tertiary/aromatic N) is 1. The highest BCUT2D eigenvalue weighted by Crippen LogP contribution is 2.47. The van der Waals surface area contributed by atoms with E-state index in [4.69, 9.17) is 10.5 Å². The van der Waals surface area contributed by atoms with Crippen molar-refractivity contribution in [2.45, 2.75) is 31.6 Å². The summed E-state index contributed by atoms with van der Waals surface area (Å²) in [5.41, 5.74) is 7.24. The number of aromatic amines is 1. The number of amides is 1. The molecule has 3 N–H and O–H groups in total. The molecular weight excluding hydrogens is 318 g/mol. The van der Waals surface area contributed by atoms with Crippen molar-refractivity contribution in [3.05, 3.63) is 45.7 Å². The molecule has 6 nitrogen and oxygen atoms in total. The SMILES string of the molecule is NC(=O)c1ccc2[nH]c(CN3C[C@@H]4[C@H](C3)[C@H]3CC[C@@H]4O3)cc(=O)c2c1. The molecule has 3 fully saturated rings. The van der Waals surface area contributed by atoms with Gasteiger partial charge in [0.15, 0.2) is 5.43 Å². The van der Waals surface area contributed by atoms with Crippen molar-refractivity contribution in [3.63, 3.8) is 0 Å². The number of ether oxygens (including phenoxy) is 1. The maximum absolute atomic E-state index is 12.4. The molecule has 0 spiro atoms. The normalized spacial score (nSPS) is 30.9. The molecule has 1 amide bonds. The quantitative estimate of drug-likeness (QED) is 0.880. The van der Waals surface area contributed by atoms with Gasteiger partial charge in [-0.1, -0.05) is 0 Å². The van der Waals surface area contributed by atoms with Crippen LogP contribution in [0.5, 0.6) is 0 Å². The second-order valence-corrected chi connectivity index (χ2v) is 7.60. The number of rotatable bonds is 3. The highest BCUT2D eigenvalue weighted by Gasteiger charge is 2.52. The lowest BCUT2D eigenvalue weighted by Gasteiger charge is -2.18. The van der Waals surface area contributed by atoms with Gasteiger partial charge in [0.2, 0.25) is 5.91 Å². The van der Waals surface area contributed by atoms with Crippen molar-refractivity contribution in [2.24, 2.45) is 17.6 Å². The molecule has 2 bridgehead atoms. The van der Waals surface area contributed by atoms with Crippen LogP contribution in [-0.4, -0.2) is 41.1 Å². The van der Waals surface area contributed by atoms with E-state index in [9.17, 15) is 9.59 Å². The third kappa shape index (κ3) is 2.40. The molecule has 5 rings (SSSR count). The second kappa shape index (κ2) is 5.41. The summed E-state index contributed by atoms with van der Waals surface area (Å²) >= 11 is 0. The number of benzene rings is 1. The molecule has 130 valence electrons. The third-order valence-electron chi connectivity index (χ3n) is 6.09.